The fourth-order valence-corrected chi connectivity index (χ4v) is 4.20. The molecule has 0 spiro atoms. The minimum Gasteiger partial charge on any atom is -0.497 e. The first-order valence-corrected chi connectivity index (χ1v) is 10.4. The van der Waals surface area contributed by atoms with Crippen molar-refractivity contribution in [2.75, 3.05) is 29.8 Å². The molecule has 0 aromatic heterocycles. The predicted octanol–water partition coefficient (Wildman–Crippen LogP) is 4.43. The topological polar surface area (TPSA) is 58.6 Å². The maximum atomic E-state index is 12.7. The van der Waals surface area contributed by atoms with Crippen molar-refractivity contribution in [3.05, 3.63) is 48.0 Å². The van der Waals surface area contributed by atoms with Crippen molar-refractivity contribution in [1.82, 2.24) is 0 Å². The molecule has 0 saturated heterocycles. The first kappa shape index (κ1) is 20.1. The van der Waals surface area contributed by atoms with Crippen molar-refractivity contribution in [2.24, 2.45) is 0 Å². The zero-order valence-corrected chi connectivity index (χ0v) is 16.8. The minimum absolute atomic E-state index is 0.251. The summed E-state index contributed by atoms with van der Waals surface area (Å²) in [5.74, 6) is 0.637. The fraction of sp³-hybridized carbons (Fsp3) is 0.400. The van der Waals surface area contributed by atoms with Crippen LogP contribution in [-0.2, 0) is 10.0 Å². The van der Waals surface area contributed by atoms with Crippen molar-refractivity contribution >= 4 is 21.4 Å². The van der Waals surface area contributed by atoms with E-state index in [0.29, 0.717) is 17.0 Å². The van der Waals surface area contributed by atoms with Crippen molar-refractivity contribution in [3.8, 4) is 5.75 Å². The lowest BCUT2D eigenvalue weighted by atomic mass is 10.2. The number of anilines is 2. The second-order valence-corrected chi connectivity index (χ2v) is 7.92. The third-order valence-corrected chi connectivity index (χ3v) is 5.68. The Labute approximate surface area is 157 Å². The average Bonchev–Trinajstić information content (AvgIpc) is 2.61. The van der Waals surface area contributed by atoms with Gasteiger partial charge in [0.2, 0.25) is 0 Å². The van der Waals surface area contributed by atoms with E-state index in [0.717, 1.165) is 31.6 Å². The molecule has 6 heteroatoms. The summed E-state index contributed by atoms with van der Waals surface area (Å²) in [4.78, 5) is 2.56. The number of nitrogens with zero attached hydrogens (tertiary/aromatic N) is 1. The Hall–Kier alpha value is -2.21. The molecule has 0 aliphatic carbocycles. The van der Waals surface area contributed by atoms with Gasteiger partial charge in [0.1, 0.15) is 5.75 Å². The van der Waals surface area contributed by atoms with Gasteiger partial charge >= 0.3 is 0 Å². The summed E-state index contributed by atoms with van der Waals surface area (Å²) in [5.41, 5.74) is 2.31. The van der Waals surface area contributed by atoms with Gasteiger partial charge in [-0.05, 0) is 67.8 Å². The van der Waals surface area contributed by atoms with Crippen LogP contribution in [0.5, 0.6) is 5.75 Å². The monoisotopic (exact) mass is 376 g/mol. The molecular formula is C20H28N2O3S. The molecule has 0 unspecified atom stereocenters. The molecule has 142 valence electrons. The Morgan fingerprint density at radius 1 is 1.00 bits per heavy atom. The van der Waals surface area contributed by atoms with E-state index in [2.05, 4.69) is 23.5 Å². The Morgan fingerprint density at radius 2 is 1.62 bits per heavy atom. The van der Waals surface area contributed by atoms with E-state index in [4.69, 9.17) is 4.74 Å². The lowest BCUT2D eigenvalue weighted by Crippen LogP contribution is -2.24. The number of benzene rings is 2. The normalized spacial score (nSPS) is 11.2. The van der Waals surface area contributed by atoms with Gasteiger partial charge < -0.3 is 9.64 Å². The number of nitrogens with one attached hydrogen (secondary N) is 1. The van der Waals surface area contributed by atoms with Crippen LogP contribution in [0, 0.1) is 6.92 Å². The Balaban J connectivity index is 2.19. The third-order valence-electron chi connectivity index (χ3n) is 4.14. The van der Waals surface area contributed by atoms with E-state index in [9.17, 15) is 8.42 Å². The Bertz CT molecular complexity index is 811. The van der Waals surface area contributed by atoms with Crippen molar-refractivity contribution in [1.29, 1.82) is 0 Å². The highest BCUT2D eigenvalue weighted by atomic mass is 32.2. The summed E-state index contributed by atoms with van der Waals surface area (Å²) in [6.07, 6.45) is 2.15. The lowest BCUT2D eigenvalue weighted by molar-refractivity contribution is 0.414. The molecule has 26 heavy (non-hydrogen) atoms. The van der Waals surface area contributed by atoms with Gasteiger partial charge in [0, 0.05) is 24.5 Å². The summed E-state index contributed by atoms with van der Waals surface area (Å²) in [7, 11) is -2.08. The van der Waals surface area contributed by atoms with E-state index in [1.807, 2.05) is 24.3 Å². The summed E-state index contributed by atoms with van der Waals surface area (Å²) in [5, 5.41) is 0. The van der Waals surface area contributed by atoms with Crippen LogP contribution in [0.2, 0.25) is 0 Å². The van der Waals surface area contributed by atoms with Gasteiger partial charge in [0.05, 0.1) is 12.0 Å². The van der Waals surface area contributed by atoms with Crippen LogP contribution in [-0.4, -0.2) is 28.6 Å². The summed E-state index contributed by atoms with van der Waals surface area (Å²) >= 11 is 0. The number of methoxy groups -OCH3 is 1. The minimum atomic E-state index is -3.64. The second kappa shape index (κ2) is 8.94. The first-order chi connectivity index (χ1) is 12.4. The van der Waals surface area contributed by atoms with E-state index < -0.39 is 10.0 Å². The van der Waals surface area contributed by atoms with Gasteiger partial charge in [-0.2, -0.15) is 0 Å². The molecule has 0 saturated carbocycles. The molecule has 5 nitrogen and oxygen atoms in total. The summed E-state index contributed by atoms with van der Waals surface area (Å²) < 4.78 is 33.2. The van der Waals surface area contributed by atoms with E-state index >= 15 is 0 Å². The Morgan fingerprint density at radius 3 is 2.12 bits per heavy atom. The van der Waals surface area contributed by atoms with Crippen LogP contribution < -0.4 is 14.4 Å². The zero-order valence-electron chi connectivity index (χ0n) is 16.0. The lowest BCUT2D eigenvalue weighted by Gasteiger charge is -2.24. The van der Waals surface area contributed by atoms with Crippen LogP contribution in [0.3, 0.4) is 0 Å². The molecule has 0 atom stereocenters. The summed E-state index contributed by atoms with van der Waals surface area (Å²) in [6, 6.07) is 12.5. The SMILES string of the molecule is CCCN(CCC)c1ccc(NS(=O)(=O)c2ccc(OC)cc2C)cc1. The number of hydrogen-bond acceptors (Lipinski definition) is 4. The van der Waals surface area contributed by atoms with Crippen LogP contribution in [0.25, 0.3) is 0 Å². The number of aryl methyl sites for hydroxylation is 1. The van der Waals surface area contributed by atoms with Crippen LogP contribution in [0.1, 0.15) is 32.3 Å². The predicted molar refractivity (Wildman–Crippen MR) is 108 cm³/mol. The third kappa shape index (κ3) is 4.91. The smallest absolute Gasteiger partial charge is 0.262 e. The highest BCUT2D eigenvalue weighted by molar-refractivity contribution is 7.92. The van der Waals surface area contributed by atoms with Crippen LogP contribution in [0.4, 0.5) is 11.4 Å². The molecule has 0 bridgehead atoms. The fourth-order valence-electron chi connectivity index (χ4n) is 2.91. The van der Waals surface area contributed by atoms with Crippen molar-refractivity contribution < 1.29 is 13.2 Å². The highest BCUT2D eigenvalue weighted by Crippen LogP contribution is 2.25. The largest absolute Gasteiger partial charge is 0.497 e. The molecule has 0 heterocycles. The van der Waals surface area contributed by atoms with Gasteiger partial charge in [-0.25, -0.2) is 8.42 Å². The Kier molecular flexibility index (Phi) is 6.91. The zero-order chi connectivity index (χ0) is 19.2. The van der Waals surface area contributed by atoms with E-state index in [1.54, 1.807) is 32.2 Å². The van der Waals surface area contributed by atoms with Gasteiger partial charge in [-0.3, -0.25) is 4.72 Å². The number of sulfonamides is 1. The van der Waals surface area contributed by atoms with Crippen molar-refractivity contribution in [2.45, 2.75) is 38.5 Å². The molecule has 0 radical (unpaired) electrons. The van der Waals surface area contributed by atoms with E-state index in [-0.39, 0.29) is 4.90 Å². The van der Waals surface area contributed by atoms with Gasteiger partial charge in [0.25, 0.3) is 10.0 Å². The molecule has 0 amide bonds. The molecule has 1 N–H and O–H groups in total. The van der Waals surface area contributed by atoms with Crippen LogP contribution >= 0.6 is 0 Å². The average molecular weight is 377 g/mol. The standard InChI is InChI=1S/C20H28N2O3S/c1-5-13-22(14-6-2)18-9-7-17(8-10-18)21-26(23,24)20-12-11-19(25-4)15-16(20)3/h7-12,15,21H,5-6,13-14H2,1-4H3. The van der Waals surface area contributed by atoms with E-state index in [1.165, 1.54) is 0 Å². The molecule has 2 aromatic carbocycles. The number of ether oxygens (including phenoxy) is 1. The molecule has 0 aliphatic heterocycles. The van der Waals surface area contributed by atoms with Gasteiger partial charge in [-0.15, -0.1) is 0 Å². The van der Waals surface area contributed by atoms with Crippen LogP contribution in [0.15, 0.2) is 47.4 Å². The molecule has 0 fully saturated rings. The maximum Gasteiger partial charge on any atom is 0.262 e. The first-order valence-electron chi connectivity index (χ1n) is 8.93. The molecule has 2 aromatic rings. The number of rotatable bonds is 9. The second-order valence-electron chi connectivity index (χ2n) is 6.27. The highest BCUT2D eigenvalue weighted by Gasteiger charge is 2.17. The number of hydrogen-bond donors (Lipinski definition) is 1. The maximum absolute atomic E-state index is 12.7. The molecular weight excluding hydrogens is 348 g/mol. The quantitative estimate of drug-likeness (QED) is 0.703. The van der Waals surface area contributed by atoms with Crippen molar-refractivity contribution in [3.63, 3.8) is 0 Å². The molecule has 0 aliphatic rings. The molecule has 2 rings (SSSR count). The van der Waals surface area contributed by atoms with Gasteiger partial charge in [-0.1, -0.05) is 13.8 Å². The summed E-state index contributed by atoms with van der Waals surface area (Å²) in [6.45, 7) is 8.05. The van der Waals surface area contributed by atoms with Gasteiger partial charge in [0.15, 0.2) is 0 Å².